The Morgan fingerprint density at radius 3 is 2.65 bits per heavy atom. The van der Waals surface area contributed by atoms with Crippen LogP contribution in [0, 0.1) is 6.92 Å². The molecule has 0 saturated carbocycles. The summed E-state index contributed by atoms with van der Waals surface area (Å²) in [6.45, 7) is 7.29. The molecule has 0 unspecified atom stereocenters. The highest BCUT2D eigenvalue weighted by molar-refractivity contribution is 6.00. The number of rotatable bonds is 2. The maximum Gasteiger partial charge on any atom is 0.338 e. The van der Waals surface area contributed by atoms with E-state index in [1.165, 1.54) is 0 Å². The average molecular weight is 418 g/mol. The van der Waals surface area contributed by atoms with Gasteiger partial charge in [0.1, 0.15) is 11.4 Å². The number of aromatic nitrogens is 2. The van der Waals surface area contributed by atoms with Gasteiger partial charge in [0.2, 0.25) is 0 Å². The van der Waals surface area contributed by atoms with Gasteiger partial charge in [0.05, 0.1) is 16.6 Å². The van der Waals surface area contributed by atoms with E-state index in [1.54, 1.807) is 0 Å². The summed E-state index contributed by atoms with van der Waals surface area (Å²) in [6.07, 6.45) is 2.02. The van der Waals surface area contributed by atoms with Crippen molar-refractivity contribution in [1.29, 1.82) is 0 Å². The number of imidazole rings is 1. The fourth-order valence-corrected chi connectivity index (χ4v) is 5.08. The van der Waals surface area contributed by atoms with Crippen LogP contribution in [0.15, 0.2) is 36.4 Å². The standard InChI is InChI=1S/C25H27N3O3/c1-15(2)21-19(8-9-20-22(21)27-16(3)26-20)23(29)28-12-10-25(11-13-28)14-17-6-4-5-7-18(17)24(30)31-25/h4-9,15H,10-14H2,1-3H3,(H,26,27). The lowest BCUT2D eigenvalue weighted by Gasteiger charge is -2.43. The second kappa shape index (κ2) is 7.22. The van der Waals surface area contributed by atoms with Crippen LogP contribution in [0.4, 0.5) is 0 Å². The molecule has 2 aliphatic heterocycles. The number of aryl methyl sites for hydroxylation is 1. The number of aromatic amines is 1. The Morgan fingerprint density at radius 1 is 1.16 bits per heavy atom. The van der Waals surface area contributed by atoms with Crippen molar-refractivity contribution in [2.45, 2.75) is 51.6 Å². The number of esters is 1. The van der Waals surface area contributed by atoms with Crippen LogP contribution in [-0.4, -0.2) is 45.4 Å². The quantitative estimate of drug-likeness (QED) is 0.628. The third kappa shape index (κ3) is 3.30. The number of piperidine rings is 1. The highest BCUT2D eigenvalue weighted by atomic mass is 16.6. The van der Waals surface area contributed by atoms with Crippen molar-refractivity contribution in [3.63, 3.8) is 0 Å². The van der Waals surface area contributed by atoms with Gasteiger partial charge in [-0.15, -0.1) is 0 Å². The van der Waals surface area contributed by atoms with Gasteiger partial charge < -0.3 is 14.6 Å². The second-order valence-electron chi connectivity index (χ2n) is 9.10. The minimum absolute atomic E-state index is 0.0373. The molecule has 1 fully saturated rings. The van der Waals surface area contributed by atoms with Crippen LogP contribution in [0.2, 0.25) is 0 Å². The van der Waals surface area contributed by atoms with Crippen molar-refractivity contribution in [3.8, 4) is 0 Å². The summed E-state index contributed by atoms with van der Waals surface area (Å²) in [5, 5.41) is 0. The number of amides is 1. The molecule has 1 saturated heterocycles. The molecule has 2 aromatic carbocycles. The molecular weight excluding hydrogens is 390 g/mol. The van der Waals surface area contributed by atoms with Crippen LogP contribution in [-0.2, 0) is 11.2 Å². The highest BCUT2D eigenvalue weighted by Gasteiger charge is 2.43. The maximum absolute atomic E-state index is 13.5. The van der Waals surface area contributed by atoms with E-state index < -0.39 is 5.60 Å². The van der Waals surface area contributed by atoms with Gasteiger partial charge in [0.15, 0.2) is 0 Å². The van der Waals surface area contributed by atoms with Crippen LogP contribution in [0.25, 0.3) is 11.0 Å². The lowest BCUT2D eigenvalue weighted by atomic mass is 9.81. The SMILES string of the molecule is Cc1nc2ccc(C(=O)N3CCC4(CC3)Cc3ccccc3C(=O)O4)c(C(C)C)c2[nH]1. The maximum atomic E-state index is 13.5. The van der Waals surface area contributed by atoms with Crippen molar-refractivity contribution >= 4 is 22.9 Å². The molecule has 31 heavy (non-hydrogen) atoms. The number of carbonyl (C=O) groups is 2. The Kier molecular flexibility index (Phi) is 4.61. The van der Waals surface area contributed by atoms with Gasteiger partial charge in [-0.2, -0.15) is 0 Å². The number of ether oxygens (including phenoxy) is 1. The fourth-order valence-electron chi connectivity index (χ4n) is 5.08. The summed E-state index contributed by atoms with van der Waals surface area (Å²) in [5.74, 6) is 0.828. The molecule has 1 aromatic heterocycles. The summed E-state index contributed by atoms with van der Waals surface area (Å²) in [5.41, 5.74) is 4.78. The zero-order chi connectivity index (χ0) is 21.8. The molecule has 1 N–H and O–H groups in total. The van der Waals surface area contributed by atoms with Crippen LogP contribution in [0.1, 0.15) is 70.3 Å². The molecule has 1 amide bonds. The smallest absolute Gasteiger partial charge is 0.338 e. The van der Waals surface area contributed by atoms with Crippen molar-refractivity contribution in [3.05, 3.63) is 64.5 Å². The molecule has 160 valence electrons. The number of likely N-dealkylation sites (tertiary alicyclic amines) is 1. The molecule has 0 radical (unpaired) electrons. The van der Waals surface area contributed by atoms with Crippen molar-refractivity contribution in [2.75, 3.05) is 13.1 Å². The Labute approximate surface area is 181 Å². The van der Waals surface area contributed by atoms with Crippen LogP contribution >= 0.6 is 0 Å². The average Bonchev–Trinajstić information content (AvgIpc) is 3.13. The van der Waals surface area contributed by atoms with E-state index in [-0.39, 0.29) is 17.8 Å². The number of nitrogens with zero attached hydrogens (tertiary/aromatic N) is 2. The molecule has 0 aliphatic carbocycles. The lowest BCUT2D eigenvalue weighted by Crippen LogP contribution is -2.52. The third-order valence-corrected chi connectivity index (χ3v) is 6.65. The number of benzene rings is 2. The molecular formula is C25H27N3O3. The largest absolute Gasteiger partial charge is 0.455 e. The zero-order valence-corrected chi connectivity index (χ0v) is 18.2. The zero-order valence-electron chi connectivity index (χ0n) is 18.2. The molecule has 3 aromatic rings. The van der Waals surface area contributed by atoms with Gasteiger partial charge in [0.25, 0.3) is 5.91 Å². The van der Waals surface area contributed by atoms with E-state index in [4.69, 9.17) is 4.74 Å². The van der Waals surface area contributed by atoms with Crippen LogP contribution in [0.5, 0.6) is 0 Å². The first-order valence-electron chi connectivity index (χ1n) is 11.0. The lowest BCUT2D eigenvalue weighted by molar-refractivity contribution is -0.0526. The van der Waals surface area contributed by atoms with Crippen LogP contribution in [0.3, 0.4) is 0 Å². The number of H-pyrrole nitrogens is 1. The Bertz CT molecular complexity index is 1190. The number of hydrogen-bond donors (Lipinski definition) is 1. The summed E-state index contributed by atoms with van der Waals surface area (Å²) in [7, 11) is 0. The number of hydrogen-bond acceptors (Lipinski definition) is 4. The third-order valence-electron chi connectivity index (χ3n) is 6.65. The molecule has 0 atom stereocenters. The van der Waals surface area contributed by atoms with Gasteiger partial charge in [0, 0.05) is 37.9 Å². The minimum Gasteiger partial charge on any atom is -0.455 e. The molecule has 3 heterocycles. The number of nitrogens with one attached hydrogen (secondary N) is 1. The van der Waals surface area contributed by atoms with E-state index in [0.717, 1.165) is 33.5 Å². The van der Waals surface area contributed by atoms with E-state index in [9.17, 15) is 9.59 Å². The molecule has 6 heteroatoms. The summed E-state index contributed by atoms with van der Waals surface area (Å²) in [4.78, 5) is 35.8. The Morgan fingerprint density at radius 2 is 1.90 bits per heavy atom. The first kappa shape index (κ1) is 19.8. The summed E-state index contributed by atoms with van der Waals surface area (Å²) in [6, 6.07) is 11.5. The van der Waals surface area contributed by atoms with Crippen molar-refractivity contribution < 1.29 is 14.3 Å². The second-order valence-corrected chi connectivity index (χ2v) is 9.10. The summed E-state index contributed by atoms with van der Waals surface area (Å²) < 4.78 is 5.91. The van der Waals surface area contributed by atoms with Crippen LogP contribution < -0.4 is 0 Å². The monoisotopic (exact) mass is 417 g/mol. The molecule has 2 aliphatic rings. The Balaban J connectivity index is 1.39. The van der Waals surface area contributed by atoms with Gasteiger partial charge in [-0.05, 0) is 42.2 Å². The van der Waals surface area contributed by atoms with Gasteiger partial charge in [-0.3, -0.25) is 4.79 Å². The van der Waals surface area contributed by atoms with E-state index in [2.05, 4.69) is 23.8 Å². The topological polar surface area (TPSA) is 75.3 Å². The van der Waals surface area contributed by atoms with Crippen molar-refractivity contribution in [2.24, 2.45) is 0 Å². The van der Waals surface area contributed by atoms with E-state index >= 15 is 0 Å². The molecule has 6 nitrogen and oxygen atoms in total. The fraction of sp³-hybridized carbons (Fsp3) is 0.400. The predicted molar refractivity (Wildman–Crippen MR) is 118 cm³/mol. The first-order chi connectivity index (χ1) is 14.9. The van der Waals surface area contributed by atoms with Gasteiger partial charge >= 0.3 is 5.97 Å². The van der Waals surface area contributed by atoms with Gasteiger partial charge in [-0.1, -0.05) is 32.0 Å². The number of fused-ring (bicyclic) bond motifs is 2. The normalized spacial score (nSPS) is 17.8. The Hall–Kier alpha value is -3.15. The molecule has 5 rings (SSSR count). The molecule has 0 bridgehead atoms. The van der Waals surface area contributed by atoms with E-state index in [0.29, 0.717) is 37.9 Å². The summed E-state index contributed by atoms with van der Waals surface area (Å²) >= 11 is 0. The highest BCUT2D eigenvalue weighted by Crippen LogP contribution is 2.37. The van der Waals surface area contributed by atoms with E-state index in [1.807, 2.05) is 48.2 Å². The first-order valence-corrected chi connectivity index (χ1v) is 11.0. The number of carbonyl (C=O) groups excluding carboxylic acids is 2. The molecule has 1 spiro atoms. The van der Waals surface area contributed by atoms with Crippen molar-refractivity contribution in [1.82, 2.24) is 14.9 Å². The minimum atomic E-state index is -0.506. The van der Waals surface area contributed by atoms with Gasteiger partial charge in [-0.25, -0.2) is 9.78 Å². The predicted octanol–water partition coefficient (Wildman–Crippen LogP) is 4.38.